The molecular weight excluding hydrogens is 260 g/mol. The Balaban J connectivity index is 1.55. The highest BCUT2D eigenvalue weighted by Crippen LogP contribution is 2.25. The van der Waals surface area contributed by atoms with E-state index < -0.39 is 0 Å². The summed E-state index contributed by atoms with van der Waals surface area (Å²) >= 11 is 1.71. The number of aromatic nitrogens is 5. The molecule has 3 heterocycles. The maximum Gasteiger partial charge on any atom is 0.0794 e. The lowest BCUT2D eigenvalue weighted by atomic mass is 10.2. The highest BCUT2D eigenvalue weighted by Gasteiger charge is 2.07. The SMILES string of the molecule is c1csc(-c2[nH]ncc2CNCCn2ccnn2)c1. The predicted molar refractivity (Wildman–Crippen MR) is 73.6 cm³/mol. The summed E-state index contributed by atoms with van der Waals surface area (Å²) in [6.45, 7) is 2.45. The molecule has 0 aliphatic carbocycles. The van der Waals surface area contributed by atoms with Gasteiger partial charge in [0.05, 0.1) is 29.5 Å². The fourth-order valence-electron chi connectivity index (χ4n) is 1.85. The summed E-state index contributed by atoms with van der Waals surface area (Å²) in [5.41, 5.74) is 2.28. The number of H-pyrrole nitrogens is 1. The molecule has 0 bridgehead atoms. The molecule has 0 aliphatic heterocycles. The molecule has 98 valence electrons. The molecule has 2 N–H and O–H groups in total. The van der Waals surface area contributed by atoms with E-state index in [4.69, 9.17) is 0 Å². The van der Waals surface area contributed by atoms with Gasteiger partial charge in [0, 0.05) is 24.8 Å². The van der Waals surface area contributed by atoms with Gasteiger partial charge in [-0.3, -0.25) is 9.78 Å². The van der Waals surface area contributed by atoms with Gasteiger partial charge in [0.1, 0.15) is 0 Å². The van der Waals surface area contributed by atoms with Crippen LogP contribution in [-0.2, 0) is 13.1 Å². The summed E-state index contributed by atoms with van der Waals surface area (Å²) in [5, 5.41) is 20.3. The molecule has 3 aromatic rings. The summed E-state index contributed by atoms with van der Waals surface area (Å²) in [5.74, 6) is 0. The van der Waals surface area contributed by atoms with Crippen LogP contribution in [0, 0.1) is 0 Å². The smallest absolute Gasteiger partial charge is 0.0794 e. The van der Waals surface area contributed by atoms with Gasteiger partial charge >= 0.3 is 0 Å². The summed E-state index contributed by atoms with van der Waals surface area (Å²) in [6, 6.07) is 4.14. The maximum atomic E-state index is 4.12. The molecule has 0 radical (unpaired) electrons. The summed E-state index contributed by atoms with van der Waals surface area (Å²) < 4.78 is 1.81. The van der Waals surface area contributed by atoms with Crippen LogP contribution < -0.4 is 5.32 Å². The minimum absolute atomic E-state index is 0.790. The van der Waals surface area contributed by atoms with E-state index >= 15 is 0 Å². The Labute approximate surface area is 114 Å². The van der Waals surface area contributed by atoms with E-state index in [1.54, 1.807) is 17.5 Å². The number of aromatic amines is 1. The minimum atomic E-state index is 0.790. The Bertz CT molecular complexity index is 598. The second-order valence-electron chi connectivity index (χ2n) is 4.09. The maximum absolute atomic E-state index is 4.12. The Kier molecular flexibility index (Phi) is 3.66. The van der Waals surface area contributed by atoms with E-state index in [0.717, 1.165) is 25.3 Å². The molecule has 0 unspecified atom stereocenters. The predicted octanol–water partition coefficient (Wildman–Crippen LogP) is 1.52. The Morgan fingerprint density at radius 3 is 3.21 bits per heavy atom. The van der Waals surface area contributed by atoms with Gasteiger partial charge in [-0.1, -0.05) is 11.3 Å². The Hall–Kier alpha value is -1.99. The third kappa shape index (κ3) is 2.88. The van der Waals surface area contributed by atoms with Crippen LogP contribution in [0.4, 0.5) is 0 Å². The van der Waals surface area contributed by atoms with Crippen molar-refractivity contribution in [3.63, 3.8) is 0 Å². The summed E-state index contributed by atoms with van der Waals surface area (Å²) in [7, 11) is 0. The van der Waals surface area contributed by atoms with Crippen molar-refractivity contribution in [3.8, 4) is 10.6 Å². The fraction of sp³-hybridized carbons (Fsp3) is 0.250. The molecule has 0 aliphatic rings. The number of hydrogen-bond acceptors (Lipinski definition) is 5. The van der Waals surface area contributed by atoms with E-state index in [1.165, 1.54) is 10.4 Å². The first kappa shape index (κ1) is 12.1. The van der Waals surface area contributed by atoms with Gasteiger partial charge in [0.2, 0.25) is 0 Å². The third-order valence-electron chi connectivity index (χ3n) is 2.79. The molecule has 0 atom stereocenters. The van der Waals surface area contributed by atoms with E-state index in [0.29, 0.717) is 0 Å². The number of thiophene rings is 1. The molecule has 0 amide bonds. The summed E-state index contributed by atoms with van der Waals surface area (Å²) in [6.07, 6.45) is 5.42. The third-order valence-corrected chi connectivity index (χ3v) is 3.68. The van der Waals surface area contributed by atoms with Crippen molar-refractivity contribution in [2.75, 3.05) is 6.54 Å². The Morgan fingerprint density at radius 2 is 2.42 bits per heavy atom. The van der Waals surface area contributed by atoms with Gasteiger partial charge in [-0.05, 0) is 11.4 Å². The molecule has 0 saturated heterocycles. The average molecular weight is 274 g/mol. The topological polar surface area (TPSA) is 71.4 Å². The quantitative estimate of drug-likeness (QED) is 0.669. The van der Waals surface area contributed by atoms with Crippen molar-refractivity contribution in [1.82, 2.24) is 30.5 Å². The first-order valence-corrected chi connectivity index (χ1v) is 6.92. The Morgan fingerprint density at radius 1 is 1.42 bits per heavy atom. The van der Waals surface area contributed by atoms with Crippen LogP contribution in [0.25, 0.3) is 10.6 Å². The molecule has 7 heteroatoms. The molecule has 6 nitrogen and oxygen atoms in total. The molecule has 0 saturated carbocycles. The fourth-order valence-corrected chi connectivity index (χ4v) is 2.60. The van der Waals surface area contributed by atoms with Crippen molar-refractivity contribution in [1.29, 1.82) is 0 Å². The van der Waals surface area contributed by atoms with Gasteiger partial charge in [0.15, 0.2) is 0 Å². The largest absolute Gasteiger partial charge is 0.311 e. The van der Waals surface area contributed by atoms with E-state index in [9.17, 15) is 0 Å². The normalized spacial score (nSPS) is 10.9. The van der Waals surface area contributed by atoms with Crippen molar-refractivity contribution >= 4 is 11.3 Å². The first-order valence-electron chi connectivity index (χ1n) is 6.04. The van der Waals surface area contributed by atoms with Crippen molar-refractivity contribution < 1.29 is 0 Å². The van der Waals surface area contributed by atoms with Gasteiger partial charge in [-0.2, -0.15) is 5.10 Å². The molecule has 0 fully saturated rings. The number of rotatable bonds is 6. The zero-order valence-electron chi connectivity index (χ0n) is 10.3. The van der Waals surface area contributed by atoms with Crippen LogP contribution in [0.1, 0.15) is 5.56 Å². The second-order valence-corrected chi connectivity index (χ2v) is 5.04. The molecule has 0 aromatic carbocycles. The van der Waals surface area contributed by atoms with Crippen LogP contribution in [0.5, 0.6) is 0 Å². The van der Waals surface area contributed by atoms with Crippen LogP contribution in [-0.4, -0.2) is 31.7 Å². The van der Waals surface area contributed by atoms with Gasteiger partial charge < -0.3 is 5.32 Å². The average Bonchev–Trinajstić information content (AvgIpc) is 3.15. The highest BCUT2D eigenvalue weighted by atomic mass is 32.1. The van der Waals surface area contributed by atoms with Crippen molar-refractivity contribution in [2.24, 2.45) is 0 Å². The zero-order chi connectivity index (χ0) is 12.9. The zero-order valence-corrected chi connectivity index (χ0v) is 11.1. The van der Waals surface area contributed by atoms with Crippen LogP contribution in [0.15, 0.2) is 36.1 Å². The summed E-state index contributed by atoms with van der Waals surface area (Å²) in [4.78, 5) is 1.21. The monoisotopic (exact) mass is 274 g/mol. The van der Waals surface area contributed by atoms with E-state index in [1.807, 2.05) is 23.1 Å². The highest BCUT2D eigenvalue weighted by molar-refractivity contribution is 7.13. The van der Waals surface area contributed by atoms with Crippen molar-refractivity contribution in [2.45, 2.75) is 13.1 Å². The van der Waals surface area contributed by atoms with Gasteiger partial charge in [-0.25, -0.2) is 0 Å². The molecule has 3 aromatic heterocycles. The lowest BCUT2D eigenvalue weighted by molar-refractivity contribution is 0.540. The van der Waals surface area contributed by atoms with E-state index in [-0.39, 0.29) is 0 Å². The van der Waals surface area contributed by atoms with Crippen LogP contribution in [0.3, 0.4) is 0 Å². The van der Waals surface area contributed by atoms with Crippen molar-refractivity contribution in [3.05, 3.63) is 41.7 Å². The molecule has 3 rings (SSSR count). The lowest BCUT2D eigenvalue weighted by Gasteiger charge is -2.04. The molecule has 0 spiro atoms. The standard InChI is InChI=1S/C12H14N6S/c1-2-11(19-7-1)12-10(9-15-16-12)8-13-3-5-18-6-4-14-17-18/h1-2,4,6-7,9,13H,3,5,8H2,(H,15,16). The van der Waals surface area contributed by atoms with Crippen LogP contribution in [0.2, 0.25) is 0 Å². The number of hydrogen-bond donors (Lipinski definition) is 2. The second kappa shape index (κ2) is 5.77. The molecular formula is C12H14N6S. The van der Waals surface area contributed by atoms with Gasteiger partial charge in [0.25, 0.3) is 0 Å². The number of nitrogens with one attached hydrogen (secondary N) is 2. The lowest BCUT2D eigenvalue weighted by Crippen LogP contribution is -2.19. The molecule has 19 heavy (non-hydrogen) atoms. The van der Waals surface area contributed by atoms with Gasteiger partial charge in [-0.15, -0.1) is 16.4 Å². The first-order chi connectivity index (χ1) is 9.43. The van der Waals surface area contributed by atoms with E-state index in [2.05, 4.69) is 37.3 Å². The minimum Gasteiger partial charge on any atom is -0.311 e. The number of nitrogens with zero attached hydrogens (tertiary/aromatic N) is 4. The van der Waals surface area contributed by atoms with Crippen LogP contribution >= 0.6 is 11.3 Å².